The van der Waals surface area contributed by atoms with E-state index in [9.17, 15) is 18.3 Å². The van der Waals surface area contributed by atoms with Crippen molar-refractivity contribution in [1.29, 1.82) is 0 Å². The summed E-state index contributed by atoms with van der Waals surface area (Å²) in [7, 11) is 0. The molecule has 2 heterocycles. The van der Waals surface area contributed by atoms with Crippen molar-refractivity contribution in [2.45, 2.75) is 56.6 Å². The van der Waals surface area contributed by atoms with E-state index in [2.05, 4.69) is 4.90 Å². The van der Waals surface area contributed by atoms with Crippen LogP contribution in [0.1, 0.15) is 36.8 Å². The lowest BCUT2D eigenvalue weighted by Crippen LogP contribution is -2.44. The van der Waals surface area contributed by atoms with Crippen molar-refractivity contribution in [3.05, 3.63) is 35.4 Å². The largest absolute Gasteiger partial charge is 0.416 e. The van der Waals surface area contributed by atoms with E-state index in [4.69, 9.17) is 0 Å². The van der Waals surface area contributed by atoms with E-state index in [0.29, 0.717) is 24.2 Å². The molecule has 1 aromatic rings. The maximum absolute atomic E-state index is 12.7. The van der Waals surface area contributed by atoms with Crippen LogP contribution in [0, 0.1) is 0 Å². The van der Waals surface area contributed by atoms with Crippen molar-refractivity contribution in [2.24, 2.45) is 0 Å². The van der Waals surface area contributed by atoms with Gasteiger partial charge in [-0.1, -0.05) is 18.2 Å². The first-order valence-corrected chi connectivity index (χ1v) is 7.03. The van der Waals surface area contributed by atoms with E-state index >= 15 is 0 Å². The number of piperidine rings is 1. The zero-order valence-electron chi connectivity index (χ0n) is 11.1. The lowest BCUT2D eigenvalue weighted by atomic mass is 9.99. The normalized spacial score (nSPS) is 30.7. The average Bonchev–Trinajstić information content (AvgIpc) is 2.61. The van der Waals surface area contributed by atoms with Crippen molar-refractivity contribution in [2.75, 3.05) is 0 Å². The number of rotatable bonds is 2. The summed E-state index contributed by atoms with van der Waals surface area (Å²) in [5, 5.41) is 9.75. The van der Waals surface area contributed by atoms with Gasteiger partial charge in [-0.15, -0.1) is 0 Å². The summed E-state index contributed by atoms with van der Waals surface area (Å²) in [4.78, 5) is 2.27. The minimum absolute atomic E-state index is 0.245. The van der Waals surface area contributed by atoms with Crippen LogP contribution < -0.4 is 0 Å². The third-order valence-electron chi connectivity index (χ3n) is 4.48. The summed E-state index contributed by atoms with van der Waals surface area (Å²) in [6.07, 6.45) is -0.954. The molecule has 0 spiro atoms. The number of benzene rings is 1. The third kappa shape index (κ3) is 2.69. The molecule has 2 fully saturated rings. The Bertz CT molecular complexity index is 474. The Kier molecular flexibility index (Phi) is 3.50. The van der Waals surface area contributed by atoms with Gasteiger partial charge < -0.3 is 5.11 Å². The molecule has 2 aliphatic heterocycles. The highest BCUT2D eigenvalue weighted by Crippen LogP contribution is 2.37. The van der Waals surface area contributed by atoms with Crippen LogP contribution in [0.5, 0.6) is 0 Å². The lowest BCUT2D eigenvalue weighted by molar-refractivity contribution is -0.137. The molecule has 2 atom stereocenters. The molecule has 1 N–H and O–H groups in total. The van der Waals surface area contributed by atoms with Crippen LogP contribution in [-0.4, -0.2) is 28.2 Å². The maximum atomic E-state index is 12.7. The van der Waals surface area contributed by atoms with Gasteiger partial charge in [-0.3, -0.25) is 4.90 Å². The highest BCUT2D eigenvalue weighted by atomic mass is 19.4. The highest BCUT2D eigenvalue weighted by molar-refractivity contribution is 5.26. The quantitative estimate of drug-likeness (QED) is 0.902. The van der Waals surface area contributed by atoms with Gasteiger partial charge in [0.05, 0.1) is 11.7 Å². The standard InChI is InChI=1S/C15H18F3NO/c16-15(17,18)11-3-1-2-10(6-11)9-19-12-4-5-13(19)8-14(20)7-12/h1-3,6,12-14,20H,4-5,7-9H2. The first kappa shape index (κ1) is 13.9. The summed E-state index contributed by atoms with van der Waals surface area (Å²) in [5.41, 5.74) is 0.118. The van der Waals surface area contributed by atoms with Gasteiger partial charge in [0.15, 0.2) is 0 Å². The average molecular weight is 285 g/mol. The number of nitrogens with zero attached hydrogens (tertiary/aromatic N) is 1. The first-order chi connectivity index (χ1) is 9.43. The van der Waals surface area contributed by atoms with Gasteiger partial charge in [0.1, 0.15) is 0 Å². The molecule has 2 aliphatic rings. The number of aliphatic hydroxyl groups excluding tert-OH is 1. The Morgan fingerprint density at radius 2 is 1.80 bits per heavy atom. The van der Waals surface area contributed by atoms with Crippen LogP contribution in [0.3, 0.4) is 0 Å². The lowest BCUT2D eigenvalue weighted by Gasteiger charge is -2.37. The summed E-state index contributed by atoms with van der Waals surface area (Å²) < 4.78 is 38.2. The van der Waals surface area contributed by atoms with Gasteiger partial charge >= 0.3 is 6.18 Å². The molecule has 2 unspecified atom stereocenters. The Balaban J connectivity index is 1.76. The van der Waals surface area contributed by atoms with Crippen LogP contribution in [-0.2, 0) is 12.7 Å². The van der Waals surface area contributed by atoms with Gasteiger partial charge in [-0.2, -0.15) is 13.2 Å². The SMILES string of the molecule is OC1CC2CCC(C1)N2Cc1cccc(C(F)(F)F)c1. The van der Waals surface area contributed by atoms with Gasteiger partial charge in [0.2, 0.25) is 0 Å². The number of hydrogen-bond acceptors (Lipinski definition) is 2. The molecule has 0 amide bonds. The molecular weight excluding hydrogens is 267 g/mol. The minimum Gasteiger partial charge on any atom is -0.393 e. The maximum Gasteiger partial charge on any atom is 0.416 e. The summed E-state index contributed by atoms with van der Waals surface area (Å²) in [6, 6.07) is 6.21. The number of halogens is 3. The predicted molar refractivity (Wildman–Crippen MR) is 69.0 cm³/mol. The van der Waals surface area contributed by atoms with Crippen LogP contribution in [0.25, 0.3) is 0 Å². The van der Waals surface area contributed by atoms with Gasteiger partial charge in [-0.25, -0.2) is 0 Å². The van der Waals surface area contributed by atoms with E-state index in [-0.39, 0.29) is 6.10 Å². The molecule has 110 valence electrons. The molecule has 1 aromatic carbocycles. The molecule has 20 heavy (non-hydrogen) atoms. The van der Waals surface area contributed by atoms with Gasteiger partial charge in [0.25, 0.3) is 0 Å². The summed E-state index contributed by atoms with van der Waals surface area (Å²) >= 11 is 0. The smallest absolute Gasteiger partial charge is 0.393 e. The Morgan fingerprint density at radius 1 is 1.15 bits per heavy atom. The van der Waals surface area contributed by atoms with Gasteiger partial charge in [0, 0.05) is 18.6 Å². The highest BCUT2D eigenvalue weighted by Gasteiger charge is 2.40. The zero-order valence-corrected chi connectivity index (χ0v) is 11.1. The summed E-state index contributed by atoms with van der Waals surface area (Å²) in [6.45, 7) is 0.548. The minimum atomic E-state index is -4.28. The molecule has 0 saturated carbocycles. The van der Waals surface area contributed by atoms with Crippen LogP contribution in [0.2, 0.25) is 0 Å². The van der Waals surface area contributed by atoms with E-state index in [0.717, 1.165) is 31.7 Å². The fraction of sp³-hybridized carbons (Fsp3) is 0.600. The van der Waals surface area contributed by atoms with Crippen molar-refractivity contribution in [3.63, 3.8) is 0 Å². The molecule has 2 saturated heterocycles. The van der Waals surface area contributed by atoms with Gasteiger partial charge in [-0.05, 0) is 37.3 Å². The molecule has 0 aliphatic carbocycles. The zero-order chi connectivity index (χ0) is 14.3. The Labute approximate surface area is 116 Å². The fourth-order valence-corrected chi connectivity index (χ4v) is 3.56. The van der Waals surface area contributed by atoms with Crippen molar-refractivity contribution >= 4 is 0 Å². The van der Waals surface area contributed by atoms with Crippen LogP contribution in [0.15, 0.2) is 24.3 Å². The van der Waals surface area contributed by atoms with E-state index < -0.39 is 11.7 Å². The Morgan fingerprint density at radius 3 is 2.40 bits per heavy atom. The molecule has 0 radical (unpaired) electrons. The first-order valence-electron chi connectivity index (χ1n) is 7.03. The predicted octanol–water partition coefficient (Wildman–Crippen LogP) is 3.19. The summed E-state index contributed by atoms with van der Waals surface area (Å²) in [5.74, 6) is 0. The topological polar surface area (TPSA) is 23.5 Å². The molecule has 3 rings (SSSR count). The van der Waals surface area contributed by atoms with Crippen LogP contribution in [0.4, 0.5) is 13.2 Å². The molecular formula is C15H18F3NO. The van der Waals surface area contributed by atoms with Crippen LogP contribution >= 0.6 is 0 Å². The second kappa shape index (κ2) is 5.04. The van der Waals surface area contributed by atoms with Crippen molar-refractivity contribution in [1.82, 2.24) is 4.90 Å². The monoisotopic (exact) mass is 285 g/mol. The second-order valence-electron chi connectivity index (χ2n) is 5.88. The number of alkyl halides is 3. The molecule has 2 nitrogen and oxygen atoms in total. The van der Waals surface area contributed by atoms with E-state index in [1.807, 2.05) is 0 Å². The fourth-order valence-electron chi connectivity index (χ4n) is 3.56. The van der Waals surface area contributed by atoms with E-state index in [1.54, 1.807) is 6.07 Å². The van der Waals surface area contributed by atoms with Crippen molar-refractivity contribution < 1.29 is 18.3 Å². The molecule has 0 aromatic heterocycles. The second-order valence-corrected chi connectivity index (χ2v) is 5.88. The molecule has 2 bridgehead atoms. The molecule has 5 heteroatoms. The third-order valence-corrected chi connectivity index (χ3v) is 4.48. The Hall–Kier alpha value is -1.07. The number of hydrogen-bond donors (Lipinski definition) is 1. The number of aliphatic hydroxyl groups is 1. The number of fused-ring (bicyclic) bond motifs is 2. The van der Waals surface area contributed by atoms with Crippen molar-refractivity contribution in [3.8, 4) is 0 Å². The van der Waals surface area contributed by atoms with E-state index in [1.165, 1.54) is 12.1 Å².